The Morgan fingerprint density at radius 1 is 0.955 bits per heavy atom. The average Bonchev–Trinajstić information content (AvgIpc) is 2.69. The average molecular weight is 304 g/mol. The van der Waals surface area contributed by atoms with E-state index >= 15 is 0 Å². The van der Waals surface area contributed by atoms with Gasteiger partial charge in [0.1, 0.15) is 5.75 Å². The van der Waals surface area contributed by atoms with E-state index in [1.807, 2.05) is 18.2 Å². The minimum atomic E-state index is 0.423. The van der Waals surface area contributed by atoms with Gasteiger partial charge in [-0.2, -0.15) is 0 Å². The van der Waals surface area contributed by atoms with Crippen molar-refractivity contribution in [2.45, 2.75) is 12.5 Å². The molecule has 1 aromatic carbocycles. The van der Waals surface area contributed by atoms with Crippen LogP contribution >= 0.6 is 0 Å². The molecule has 2 fully saturated rings. The van der Waals surface area contributed by atoms with Crippen molar-refractivity contribution < 1.29 is 5.11 Å². The van der Waals surface area contributed by atoms with Gasteiger partial charge in [-0.05, 0) is 18.1 Å². The van der Waals surface area contributed by atoms with Crippen LogP contribution in [0.3, 0.4) is 0 Å². The zero-order valence-electron chi connectivity index (χ0n) is 13.3. The highest BCUT2D eigenvalue weighted by Gasteiger charge is 2.23. The first-order valence-corrected chi connectivity index (χ1v) is 8.47. The Labute approximate surface area is 133 Å². The van der Waals surface area contributed by atoms with Crippen molar-refractivity contribution >= 4 is 0 Å². The minimum absolute atomic E-state index is 0.423. The van der Waals surface area contributed by atoms with Gasteiger partial charge in [0.15, 0.2) is 0 Å². The van der Waals surface area contributed by atoms with E-state index in [2.05, 4.69) is 20.4 Å². The SMILES string of the molecule is Oc1ccccc1CC1CNCCN2CCNCCN1CC2. The van der Waals surface area contributed by atoms with Gasteiger partial charge in [0, 0.05) is 64.9 Å². The fourth-order valence-electron chi connectivity index (χ4n) is 3.44. The van der Waals surface area contributed by atoms with Crippen molar-refractivity contribution in [1.29, 1.82) is 0 Å². The molecule has 122 valence electrons. The summed E-state index contributed by atoms with van der Waals surface area (Å²) in [5.74, 6) is 0.423. The lowest BCUT2D eigenvalue weighted by atomic mass is 10.0. The maximum absolute atomic E-state index is 10.1. The van der Waals surface area contributed by atoms with E-state index in [0.717, 1.165) is 70.9 Å². The third-order valence-corrected chi connectivity index (χ3v) is 4.83. The monoisotopic (exact) mass is 304 g/mol. The summed E-state index contributed by atoms with van der Waals surface area (Å²) in [7, 11) is 0. The van der Waals surface area contributed by atoms with Gasteiger partial charge in [0.2, 0.25) is 0 Å². The highest BCUT2D eigenvalue weighted by Crippen LogP contribution is 2.19. The number of nitrogens with zero attached hydrogens (tertiary/aromatic N) is 2. The molecule has 2 aliphatic heterocycles. The fourth-order valence-corrected chi connectivity index (χ4v) is 3.44. The van der Waals surface area contributed by atoms with Crippen molar-refractivity contribution in [3.63, 3.8) is 0 Å². The molecule has 2 heterocycles. The first-order chi connectivity index (χ1) is 10.8. The van der Waals surface area contributed by atoms with Crippen LogP contribution in [-0.4, -0.2) is 79.9 Å². The Bertz CT molecular complexity index is 468. The second-order valence-corrected chi connectivity index (χ2v) is 6.32. The molecule has 0 radical (unpaired) electrons. The van der Waals surface area contributed by atoms with Crippen LogP contribution in [0.4, 0.5) is 0 Å². The molecule has 0 saturated carbocycles. The van der Waals surface area contributed by atoms with Gasteiger partial charge in [0.05, 0.1) is 0 Å². The summed E-state index contributed by atoms with van der Waals surface area (Å²) < 4.78 is 0. The summed E-state index contributed by atoms with van der Waals surface area (Å²) in [4.78, 5) is 5.12. The zero-order chi connectivity index (χ0) is 15.2. The zero-order valence-corrected chi connectivity index (χ0v) is 13.3. The van der Waals surface area contributed by atoms with Crippen LogP contribution in [-0.2, 0) is 6.42 Å². The predicted octanol–water partition coefficient (Wildman–Crippen LogP) is 0.114. The third-order valence-electron chi connectivity index (χ3n) is 4.83. The molecule has 0 spiro atoms. The Morgan fingerprint density at radius 3 is 2.59 bits per heavy atom. The summed E-state index contributed by atoms with van der Waals surface area (Å²) in [5.41, 5.74) is 1.05. The molecule has 3 rings (SSSR count). The minimum Gasteiger partial charge on any atom is -0.508 e. The quantitative estimate of drug-likeness (QED) is 0.724. The van der Waals surface area contributed by atoms with Crippen LogP contribution in [0.25, 0.3) is 0 Å². The van der Waals surface area contributed by atoms with Crippen molar-refractivity contribution in [1.82, 2.24) is 20.4 Å². The Hall–Kier alpha value is -1.14. The van der Waals surface area contributed by atoms with Crippen LogP contribution in [0.1, 0.15) is 5.56 Å². The molecule has 3 N–H and O–H groups in total. The molecule has 3 unspecified atom stereocenters. The number of benzene rings is 1. The molecular formula is C17H28N4O. The summed E-state index contributed by atoms with van der Waals surface area (Å²) >= 11 is 0. The number of hydrogen-bond donors (Lipinski definition) is 3. The Morgan fingerprint density at radius 2 is 1.73 bits per heavy atom. The molecule has 5 heteroatoms. The van der Waals surface area contributed by atoms with Crippen molar-refractivity contribution in [2.75, 3.05) is 58.9 Å². The first kappa shape index (κ1) is 15.7. The lowest BCUT2D eigenvalue weighted by molar-refractivity contribution is 0.182. The molecule has 0 aromatic heterocycles. The maximum atomic E-state index is 10.1. The summed E-state index contributed by atoms with van der Waals surface area (Å²) in [5, 5.41) is 17.2. The molecular weight excluding hydrogens is 276 g/mol. The van der Waals surface area contributed by atoms with E-state index < -0.39 is 0 Å². The van der Waals surface area contributed by atoms with E-state index in [9.17, 15) is 5.11 Å². The van der Waals surface area contributed by atoms with Gasteiger partial charge in [0.25, 0.3) is 0 Å². The highest BCUT2D eigenvalue weighted by atomic mass is 16.3. The van der Waals surface area contributed by atoms with E-state index in [4.69, 9.17) is 0 Å². The van der Waals surface area contributed by atoms with Gasteiger partial charge in [-0.1, -0.05) is 18.2 Å². The van der Waals surface area contributed by atoms with E-state index in [-0.39, 0.29) is 0 Å². The van der Waals surface area contributed by atoms with Crippen LogP contribution in [0, 0.1) is 0 Å². The van der Waals surface area contributed by atoms with Crippen LogP contribution in [0.5, 0.6) is 5.75 Å². The third kappa shape index (κ3) is 4.20. The molecule has 2 aliphatic rings. The molecule has 0 aliphatic carbocycles. The van der Waals surface area contributed by atoms with Crippen molar-refractivity contribution in [3.05, 3.63) is 29.8 Å². The number of fused-ring (bicyclic) bond motifs is 3. The fraction of sp³-hybridized carbons (Fsp3) is 0.647. The number of para-hydroxylation sites is 1. The molecule has 1 aromatic rings. The maximum Gasteiger partial charge on any atom is 0.118 e. The summed E-state index contributed by atoms with van der Waals surface area (Å²) in [6, 6.07) is 8.18. The molecule has 2 bridgehead atoms. The highest BCUT2D eigenvalue weighted by molar-refractivity contribution is 5.32. The molecule has 0 amide bonds. The van der Waals surface area contributed by atoms with Gasteiger partial charge in [-0.3, -0.25) is 9.80 Å². The molecule has 2 saturated heterocycles. The van der Waals surface area contributed by atoms with Crippen molar-refractivity contribution in [2.24, 2.45) is 0 Å². The number of phenolic OH excluding ortho intramolecular Hbond substituents is 1. The van der Waals surface area contributed by atoms with Gasteiger partial charge >= 0.3 is 0 Å². The van der Waals surface area contributed by atoms with Gasteiger partial charge < -0.3 is 15.7 Å². The van der Waals surface area contributed by atoms with Gasteiger partial charge in [-0.15, -0.1) is 0 Å². The molecule has 22 heavy (non-hydrogen) atoms. The van der Waals surface area contributed by atoms with Crippen LogP contribution < -0.4 is 10.6 Å². The molecule has 3 atom stereocenters. The van der Waals surface area contributed by atoms with E-state index in [1.165, 1.54) is 0 Å². The largest absolute Gasteiger partial charge is 0.508 e. The van der Waals surface area contributed by atoms with E-state index in [0.29, 0.717) is 11.8 Å². The normalized spacial score (nSPS) is 30.5. The standard InChI is InChI=1S/C17H28N4O/c22-17-4-2-1-3-15(17)13-16-14-19-6-9-20-8-5-18-7-10-21(16)12-11-20/h1-4,16,18-19,22H,5-14H2. The number of aromatic hydroxyl groups is 1. The summed E-state index contributed by atoms with van der Waals surface area (Å²) in [6.45, 7) is 9.75. The number of hydrogen-bond acceptors (Lipinski definition) is 5. The topological polar surface area (TPSA) is 50.8 Å². The number of rotatable bonds is 2. The Kier molecular flexibility index (Phi) is 5.67. The number of phenols is 1. The van der Waals surface area contributed by atoms with Crippen LogP contribution in [0.2, 0.25) is 0 Å². The predicted molar refractivity (Wildman–Crippen MR) is 89.4 cm³/mol. The molecule has 5 nitrogen and oxygen atoms in total. The van der Waals surface area contributed by atoms with E-state index in [1.54, 1.807) is 6.07 Å². The van der Waals surface area contributed by atoms with Gasteiger partial charge in [-0.25, -0.2) is 0 Å². The second-order valence-electron chi connectivity index (χ2n) is 6.32. The summed E-state index contributed by atoms with van der Waals surface area (Å²) in [6.07, 6.45) is 0.902. The lowest BCUT2D eigenvalue weighted by Crippen LogP contribution is -2.47. The van der Waals surface area contributed by atoms with Crippen LogP contribution in [0.15, 0.2) is 24.3 Å². The number of nitrogens with one attached hydrogen (secondary N) is 2. The first-order valence-electron chi connectivity index (χ1n) is 8.47. The van der Waals surface area contributed by atoms with Crippen molar-refractivity contribution in [3.8, 4) is 5.75 Å². The second kappa shape index (κ2) is 7.92. The smallest absolute Gasteiger partial charge is 0.118 e. The lowest BCUT2D eigenvalue weighted by Gasteiger charge is -2.31. The Balaban J connectivity index is 1.73.